The zero-order valence-corrected chi connectivity index (χ0v) is 18.7. The van der Waals surface area contributed by atoms with E-state index in [2.05, 4.69) is 5.32 Å². The molecule has 0 unspecified atom stereocenters. The molecule has 0 aromatic heterocycles. The molecule has 1 aliphatic heterocycles. The molecule has 0 atom stereocenters. The summed E-state index contributed by atoms with van der Waals surface area (Å²) in [5.41, 5.74) is 1.51. The summed E-state index contributed by atoms with van der Waals surface area (Å²) in [4.78, 5) is 38.8. The van der Waals surface area contributed by atoms with Crippen LogP contribution in [-0.2, 0) is 19.4 Å². The molecule has 0 fully saturated rings. The molecule has 0 spiro atoms. The number of anilines is 2. The van der Waals surface area contributed by atoms with Crippen molar-refractivity contribution >= 4 is 38.9 Å². The quantitative estimate of drug-likeness (QED) is 0.452. The standard InChI is InChI=1S/C24H20N2O6S/c1-26(2)17-10-8-16(9-11-17)25-22(27)14-32-24(29)15-7-12-19-21(13-15)33(30,31)20-6-4-3-5-18(20)23(19)28/h3-13H,14H2,1-2H3,(H,25,27). The lowest BCUT2D eigenvalue weighted by Crippen LogP contribution is -2.23. The summed E-state index contributed by atoms with van der Waals surface area (Å²) < 4.78 is 31.0. The normalized spacial score (nSPS) is 13.5. The largest absolute Gasteiger partial charge is 0.452 e. The van der Waals surface area contributed by atoms with E-state index in [1.54, 1.807) is 18.2 Å². The number of fused-ring (bicyclic) bond motifs is 2. The van der Waals surface area contributed by atoms with E-state index in [0.29, 0.717) is 5.69 Å². The van der Waals surface area contributed by atoms with E-state index in [1.807, 2.05) is 31.1 Å². The topological polar surface area (TPSA) is 110 Å². The maximum atomic E-state index is 13.0. The molecule has 168 valence electrons. The molecule has 0 radical (unpaired) electrons. The van der Waals surface area contributed by atoms with E-state index in [9.17, 15) is 22.8 Å². The molecule has 1 aliphatic rings. The minimum Gasteiger partial charge on any atom is -0.452 e. The summed E-state index contributed by atoms with van der Waals surface area (Å²) in [5, 5.41) is 2.62. The van der Waals surface area contributed by atoms with Crippen LogP contribution in [0.5, 0.6) is 0 Å². The number of sulfone groups is 1. The van der Waals surface area contributed by atoms with Crippen molar-refractivity contribution in [2.24, 2.45) is 0 Å². The van der Waals surface area contributed by atoms with Crippen molar-refractivity contribution in [3.05, 3.63) is 83.4 Å². The maximum absolute atomic E-state index is 13.0. The van der Waals surface area contributed by atoms with Gasteiger partial charge < -0.3 is 15.0 Å². The Morgan fingerprint density at radius 1 is 0.909 bits per heavy atom. The Morgan fingerprint density at radius 3 is 2.27 bits per heavy atom. The summed E-state index contributed by atoms with van der Waals surface area (Å²) in [6.07, 6.45) is 0. The zero-order chi connectivity index (χ0) is 23.8. The van der Waals surface area contributed by atoms with Crippen LogP contribution in [0.15, 0.2) is 76.5 Å². The molecule has 0 saturated carbocycles. The van der Waals surface area contributed by atoms with Crippen LogP contribution in [0, 0.1) is 0 Å². The van der Waals surface area contributed by atoms with E-state index in [4.69, 9.17) is 4.74 Å². The molecule has 4 rings (SSSR count). The second-order valence-electron chi connectivity index (χ2n) is 7.61. The highest BCUT2D eigenvalue weighted by Gasteiger charge is 2.35. The van der Waals surface area contributed by atoms with Gasteiger partial charge in [0.2, 0.25) is 9.84 Å². The molecule has 1 N–H and O–H groups in total. The van der Waals surface area contributed by atoms with Gasteiger partial charge in [-0.3, -0.25) is 9.59 Å². The van der Waals surface area contributed by atoms with Gasteiger partial charge in [0.25, 0.3) is 5.91 Å². The van der Waals surface area contributed by atoms with Gasteiger partial charge in [-0.15, -0.1) is 0 Å². The summed E-state index contributed by atoms with van der Waals surface area (Å²) >= 11 is 0. The minimum absolute atomic E-state index is 0.0100. The lowest BCUT2D eigenvalue weighted by atomic mass is 10.0. The molecule has 1 heterocycles. The highest BCUT2D eigenvalue weighted by Crippen LogP contribution is 2.34. The summed E-state index contributed by atoms with van der Waals surface area (Å²) in [5.74, 6) is -1.86. The average molecular weight is 464 g/mol. The number of hydrogen-bond donors (Lipinski definition) is 1. The molecule has 0 bridgehead atoms. The van der Waals surface area contributed by atoms with Crippen LogP contribution >= 0.6 is 0 Å². The van der Waals surface area contributed by atoms with Crippen molar-refractivity contribution in [3.8, 4) is 0 Å². The number of ether oxygens (including phenoxy) is 1. The number of nitrogens with one attached hydrogen (secondary N) is 1. The first-order valence-corrected chi connectivity index (χ1v) is 11.4. The van der Waals surface area contributed by atoms with E-state index >= 15 is 0 Å². The van der Waals surface area contributed by atoms with Crippen LogP contribution in [0.25, 0.3) is 0 Å². The first-order valence-electron chi connectivity index (χ1n) is 9.96. The fourth-order valence-corrected chi connectivity index (χ4v) is 5.14. The van der Waals surface area contributed by atoms with Gasteiger partial charge >= 0.3 is 5.97 Å². The molecule has 0 saturated heterocycles. The number of rotatable bonds is 5. The van der Waals surface area contributed by atoms with Gasteiger partial charge in [0, 0.05) is 36.6 Å². The van der Waals surface area contributed by atoms with Crippen molar-refractivity contribution in [2.75, 3.05) is 30.9 Å². The van der Waals surface area contributed by atoms with Crippen molar-refractivity contribution in [3.63, 3.8) is 0 Å². The second-order valence-corrected chi connectivity index (χ2v) is 9.49. The number of carbonyl (C=O) groups is 3. The van der Waals surface area contributed by atoms with Gasteiger partial charge in [-0.25, -0.2) is 13.2 Å². The molecule has 8 nitrogen and oxygen atoms in total. The van der Waals surface area contributed by atoms with Gasteiger partial charge in [-0.05, 0) is 54.6 Å². The number of hydrogen-bond acceptors (Lipinski definition) is 7. The molecule has 3 aromatic rings. The van der Waals surface area contributed by atoms with E-state index in [1.165, 1.54) is 30.3 Å². The molecule has 1 amide bonds. The molecule has 9 heteroatoms. The fraction of sp³-hybridized carbons (Fsp3) is 0.125. The predicted octanol–water partition coefficient (Wildman–Crippen LogP) is 2.93. The van der Waals surface area contributed by atoms with Gasteiger partial charge in [-0.1, -0.05) is 12.1 Å². The Labute approximate surface area is 190 Å². The molecular weight excluding hydrogens is 444 g/mol. The summed E-state index contributed by atoms with van der Waals surface area (Å²) in [6, 6.07) is 16.7. The average Bonchev–Trinajstić information content (AvgIpc) is 2.81. The van der Waals surface area contributed by atoms with Crippen molar-refractivity contribution in [1.82, 2.24) is 0 Å². The number of carbonyl (C=O) groups excluding carboxylic acids is 3. The van der Waals surface area contributed by atoms with Crippen LogP contribution in [-0.4, -0.2) is 46.8 Å². The minimum atomic E-state index is -3.98. The highest BCUT2D eigenvalue weighted by molar-refractivity contribution is 7.91. The van der Waals surface area contributed by atoms with Crippen molar-refractivity contribution in [2.45, 2.75) is 9.79 Å². The van der Waals surface area contributed by atoms with Crippen LogP contribution in [0.3, 0.4) is 0 Å². The van der Waals surface area contributed by atoms with E-state index in [-0.39, 0.29) is 26.5 Å². The molecule has 33 heavy (non-hydrogen) atoms. The number of nitrogens with zero attached hydrogens (tertiary/aromatic N) is 1. The fourth-order valence-electron chi connectivity index (χ4n) is 3.47. The number of ketones is 1. The van der Waals surface area contributed by atoms with E-state index < -0.39 is 34.1 Å². The molecule has 0 aliphatic carbocycles. The number of benzene rings is 3. The second kappa shape index (κ2) is 8.51. The zero-order valence-electron chi connectivity index (χ0n) is 17.9. The van der Waals surface area contributed by atoms with Gasteiger partial charge in [0.15, 0.2) is 12.4 Å². The summed E-state index contributed by atoms with van der Waals surface area (Å²) in [6.45, 7) is -0.556. The Morgan fingerprint density at radius 2 is 1.58 bits per heavy atom. The number of esters is 1. The first-order chi connectivity index (χ1) is 15.7. The Hall–Kier alpha value is -3.98. The third-order valence-corrected chi connectivity index (χ3v) is 7.03. The van der Waals surface area contributed by atoms with Gasteiger partial charge in [0.1, 0.15) is 0 Å². The van der Waals surface area contributed by atoms with Crippen LogP contribution in [0.4, 0.5) is 11.4 Å². The van der Waals surface area contributed by atoms with Gasteiger partial charge in [-0.2, -0.15) is 0 Å². The van der Waals surface area contributed by atoms with Crippen molar-refractivity contribution in [1.29, 1.82) is 0 Å². The molecule has 3 aromatic carbocycles. The summed E-state index contributed by atoms with van der Waals surface area (Å²) in [7, 11) is -0.190. The third-order valence-electron chi connectivity index (χ3n) is 5.17. The lowest BCUT2D eigenvalue weighted by Gasteiger charge is -2.19. The molecular formula is C24H20N2O6S. The Kier molecular flexibility index (Phi) is 5.73. The Balaban J connectivity index is 1.47. The van der Waals surface area contributed by atoms with Crippen LogP contribution < -0.4 is 10.2 Å². The lowest BCUT2D eigenvalue weighted by molar-refractivity contribution is -0.119. The predicted molar refractivity (Wildman–Crippen MR) is 121 cm³/mol. The monoisotopic (exact) mass is 464 g/mol. The third kappa shape index (κ3) is 4.22. The van der Waals surface area contributed by atoms with Crippen LogP contribution in [0.2, 0.25) is 0 Å². The maximum Gasteiger partial charge on any atom is 0.338 e. The van der Waals surface area contributed by atoms with Gasteiger partial charge in [0.05, 0.1) is 15.4 Å². The smallest absolute Gasteiger partial charge is 0.338 e. The van der Waals surface area contributed by atoms with Crippen LogP contribution in [0.1, 0.15) is 26.3 Å². The first kappa shape index (κ1) is 22.2. The number of amides is 1. The van der Waals surface area contributed by atoms with E-state index in [0.717, 1.165) is 11.8 Å². The Bertz CT molecular complexity index is 1380. The van der Waals surface area contributed by atoms with Crippen molar-refractivity contribution < 1.29 is 27.5 Å². The SMILES string of the molecule is CN(C)c1ccc(NC(=O)COC(=O)c2ccc3c(c2)S(=O)(=O)c2ccccc2C3=O)cc1. The highest BCUT2D eigenvalue weighted by atomic mass is 32.2.